The van der Waals surface area contributed by atoms with Crippen LogP contribution in [0.1, 0.15) is 43.0 Å². The molecule has 7 nitrogen and oxygen atoms in total. The number of rotatable bonds is 5. The van der Waals surface area contributed by atoms with Gasteiger partial charge in [0, 0.05) is 25.4 Å². The zero-order valence-electron chi connectivity index (χ0n) is 14.9. The number of aromatic nitrogens is 5. The highest BCUT2D eigenvalue weighted by Crippen LogP contribution is 2.34. The molecule has 1 fully saturated rings. The second-order valence-corrected chi connectivity index (χ2v) is 6.85. The third-order valence-corrected chi connectivity index (χ3v) is 5.31. The molecule has 4 rings (SSSR count). The minimum atomic E-state index is 0.0981. The van der Waals surface area contributed by atoms with Gasteiger partial charge in [-0.15, -0.1) is 0 Å². The maximum absolute atomic E-state index is 6.46. The predicted molar refractivity (Wildman–Crippen MR) is 97.5 cm³/mol. The van der Waals surface area contributed by atoms with E-state index in [-0.39, 0.29) is 6.04 Å². The Morgan fingerprint density at radius 1 is 1.35 bits per heavy atom. The lowest BCUT2D eigenvalue weighted by molar-refractivity contribution is 0.200. The normalized spacial score (nSPS) is 17.9. The minimum absolute atomic E-state index is 0.0981. The summed E-state index contributed by atoms with van der Waals surface area (Å²) in [6.45, 7) is 3.81. The van der Waals surface area contributed by atoms with Crippen molar-refractivity contribution in [2.75, 3.05) is 6.54 Å². The molecule has 4 heterocycles. The van der Waals surface area contributed by atoms with E-state index in [1.54, 1.807) is 10.9 Å². The first-order chi connectivity index (χ1) is 12.7. The number of hydrogen-bond donors (Lipinski definition) is 0. The molecule has 1 atom stereocenters. The van der Waals surface area contributed by atoms with E-state index < -0.39 is 0 Å². The number of aryl methyl sites for hydroxylation is 2. The molecule has 0 bridgehead atoms. The summed E-state index contributed by atoms with van der Waals surface area (Å²) in [7, 11) is 1.88. The van der Waals surface area contributed by atoms with Gasteiger partial charge in [0.1, 0.15) is 10.8 Å². The summed E-state index contributed by atoms with van der Waals surface area (Å²) < 4.78 is 7.31. The molecule has 3 aromatic heterocycles. The van der Waals surface area contributed by atoms with Gasteiger partial charge < -0.3 is 4.52 Å². The molecule has 0 spiro atoms. The maximum atomic E-state index is 6.46. The molecule has 8 heteroatoms. The van der Waals surface area contributed by atoms with Crippen LogP contribution < -0.4 is 0 Å². The molecule has 0 radical (unpaired) electrons. The molecule has 1 aliphatic rings. The van der Waals surface area contributed by atoms with Gasteiger partial charge in [-0.2, -0.15) is 10.1 Å². The Balaban J connectivity index is 1.57. The van der Waals surface area contributed by atoms with Crippen LogP contribution in [0, 0.1) is 0 Å². The largest absolute Gasteiger partial charge is 0.337 e. The number of hydrogen-bond acceptors (Lipinski definition) is 6. The second-order valence-electron chi connectivity index (χ2n) is 6.49. The molecule has 1 saturated heterocycles. The van der Waals surface area contributed by atoms with Crippen LogP contribution in [-0.2, 0) is 20.0 Å². The molecule has 0 amide bonds. The summed E-state index contributed by atoms with van der Waals surface area (Å²) in [6.07, 6.45) is 4.66. The van der Waals surface area contributed by atoms with Crippen LogP contribution in [0.2, 0.25) is 5.15 Å². The van der Waals surface area contributed by atoms with E-state index in [9.17, 15) is 0 Å². The summed E-state index contributed by atoms with van der Waals surface area (Å²) in [6, 6.07) is 5.76. The minimum Gasteiger partial charge on any atom is -0.337 e. The molecule has 1 aliphatic heterocycles. The fourth-order valence-electron chi connectivity index (χ4n) is 3.51. The molecular weight excluding hydrogens is 352 g/mol. The molecule has 136 valence electrons. The SMILES string of the molecule is CCc1nn(C)c(Cl)c1CN1CCC[C@@H]1c1nc(-c2ccccn2)no1. The quantitative estimate of drug-likeness (QED) is 0.683. The molecule has 3 aromatic rings. The van der Waals surface area contributed by atoms with Gasteiger partial charge in [-0.3, -0.25) is 14.6 Å². The van der Waals surface area contributed by atoms with Crippen molar-refractivity contribution in [3.63, 3.8) is 0 Å². The van der Waals surface area contributed by atoms with Crippen molar-refractivity contribution in [1.82, 2.24) is 29.8 Å². The summed E-state index contributed by atoms with van der Waals surface area (Å²) in [5, 5.41) is 9.32. The van der Waals surface area contributed by atoms with Crippen molar-refractivity contribution in [2.24, 2.45) is 7.05 Å². The monoisotopic (exact) mass is 372 g/mol. The Morgan fingerprint density at radius 2 is 2.23 bits per heavy atom. The Morgan fingerprint density at radius 3 is 3.00 bits per heavy atom. The third-order valence-electron chi connectivity index (χ3n) is 4.83. The van der Waals surface area contributed by atoms with Crippen molar-refractivity contribution in [1.29, 1.82) is 0 Å². The van der Waals surface area contributed by atoms with E-state index in [2.05, 4.69) is 32.0 Å². The predicted octanol–water partition coefficient (Wildman–Crippen LogP) is 3.42. The van der Waals surface area contributed by atoms with E-state index in [0.717, 1.165) is 49.3 Å². The number of nitrogens with zero attached hydrogens (tertiary/aromatic N) is 6. The van der Waals surface area contributed by atoms with Gasteiger partial charge in [0.25, 0.3) is 0 Å². The van der Waals surface area contributed by atoms with Crippen molar-refractivity contribution < 1.29 is 4.52 Å². The number of halogens is 1. The van der Waals surface area contributed by atoms with Gasteiger partial charge in [-0.25, -0.2) is 0 Å². The lowest BCUT2D eigenvalue weighted by Crippen LogP contribution is -2.23. The zero-order chi connectivity index (χ0) is 18.1. The van der Waals surface area contributed by atoms with Crippen molar-refractivity contribution >= 4 is 11.6 Å². The Bertz CT molecular complexity index is 890. The highest BCUT2D eigenvalue weighted by atomic mass is 35.5. The summed E-state index contributed by atoms with van der Waals surface area (Å²) in [4.78, 5) is 11.2. The highest BCUT2D eigenvalue weighted by molar-refractivity contribution is 6.30. The topological polar surface area (TPSA) is 72.9 Å². The van der Waals surface area contributed by atoms with E-state index >= 15 is 0 Å². The average Bonchev–Trinajstić information content (AvgIpc) is 3.38. The highest BCUT2D eigenvalue weighted by Gasteiger charge is 2.32. The van der Waals surface area contributed by atoms with Gasteiger partial charge in [-0.1, -0.05) is 29.7 Å². The zero-order valence-corrected chi connectivity index (χ0v) is 15.6. The van der Waals surface area contributed by atoms with Gasteiger partial charge in [0.2, 0.25) is 11.7 Å². The van der Waals surface area contributed by atoms with E-state index in [1.807, 2.05) is 25.2 Å². The molecule has 26 heavy (non-hydrogen) atoms. The van der Waals surface area contributed by atoms with Gasteiger partial charge in [-0.05, 0) is 37.9 Å². The third kappa shape index (κ3) is 3.12. The van der Waals surface area contributed by atoms with Crippen LogP contribution in [0.5, 0.6) is 0 Å². The van der Waals surface area contributed by atoms with Crippen LogP contribution in [-0.4, -0.2) is 36.3 Å². The van der Waals surface area contributed by atoms with Gasteiger partial charge in [0.05, 0.1) is 11.7 Å². The molecule has 0 aliphatic carbocycles. The first-order valence-electron chi connectivity index (χ1n) is 8.86. The average molecular weight is 373 g/mol. The smallest absolute Gasteiger partial charge is 0.244 e. The molecular formula is C18H21ClN6O. The number of pyridine rings is 1. The first-order valence-corrected chi connectivity index (χ1v) is 9.24. The fraction of sp³-hybridized carbons (Fsp3) is 0.444. The standard InChI is InChI=1S/C18H21ClN6O/c1-3-13-12(16(19)24(2)22-13)11-25-10-6-8-15(25)18-21-17(23-26-18)14-7-4-5-9-20-14/h4-5,7,9,15H,3,6,8,10-11H2,1-2H3/t15-/m1/s1. The Kier molecular flexibility index (Phi) is 4.74. The lowest BCUT2D eigenvalue weighted by Gasteiger charge is -2.21. The van der Waals surface area contributed by atoms with Gasteiger partial charge in [0.15, 0.2) is 0 Å². The summed E-state index contributed by atoms with van der Waals surface area (Å²) in [5.74, 6) is 1.17. The number of likely N-dealkylation sites (tertiary alicyclic amines) is 1. The van der Waals surface area contributed by atoms with Crippen LogP contribution in [0.15, 0.2) is 28.9 Å². The van der Waals surface area contributed by atoms with Crippen LogP contribution >= 0.6 is 11.6 Å². The summed E-state index contributed by atoms with van der Waals surface area (Å²) >= 11 is 6.46. The van der Waals surface area contributed by atoms with E-state index in [0.29, 0.717) is 16.9 Å². The van der Waals surface area contributed by atoms with Crippen molar-refractivity contribution in [2.45, 2.75) is 38.8 Å². The van der Waals surface area contributed by atoms with Crippen LogP contribution in [0.3, 0.4) is 0 Å². The molecule has 0 saturated carbocycles. The van der Waals surface area contributed by atoms with E-state index in [1.165, 1.54) is 0 Å². The second kappa shape index (κ2) is 7.17. The maximum Gasteiger partial charge on any atom is 0.244 e. The molecule has 0 aromatic carbocycles. The summed E-state index contributed by atoms with van der Waals surface area (Å²) in [5.41, 5.74) is 2.85. The molecule has 0 unspecified atom stereocenters. The van der Waals surface area contributed by atoms with Gasteiger partial charge >= 0.3 is 0 Å². The fourth-order valence-corrected chi connectivity index (χ4v) is 3.71. The van der Waals surface area contributed by atoms with Crippen LogP contribution in [0.4, 0.5) is 0 Å². The van der Waals surface area contributed by atoms with Crippen molar-refractivity contribution in [3.05, 3.63) is 46.7 Å². The van der Waals surface area contributed by atoms with Crippen molar-refractivity contribution in [3.8, 4) is 11.5 Å². The Hall–Kier alpha value is -2.25. The van der Waals surface area contributed by atoms with Crippen LogP contribution in [0.25, 0.3) is 11.5 Å². The lowest BCUT2D eigenvalue weighted by atomic mass is 10.1. The Labute approximate surface area is 157 Å². The first kappa shape index (κ1) is 17.2. The van der Waals surface area contributed by atoms with E-state index in [4.69, 9.17) is 16.1 Å². The molecule has 0 N–H and O–H groups in total.